The van der Waals surface area contributed by atoms with Crippen LogP contribution in [0.15, 0.2) is 59.7 Å². The Morgan fingerprint density at radius 3 is 1.90 bits per heavy atom. The number of alkyl carbamates (subject to hydrolysis) is 2. The molecule has 2 aromatic carbocycles. The number of methoxy groups -OCH3 is 2. The molecule has 0 saturated carbocycles. The fourth-order valence-electron chi connectivity index (χ4n) is 7.89. The molecular formula is C44H59N9O8. The number of hydrogen-bond acceptors (Lipinski definition) is 11. The van der Waals surface area contributed by atoms with Crippen molar-refractivity contribution in [1.29, 1.82) is 0 Å². The topological polar surface area (TPSA) is 200 Å². The zero-order valence-electron chi connectivity index (χ0n) is 36.5. The number of carbonyl (C=O) groups is 5. The Morgan fingerprint density at radius 2 is 1.34 bits per heavy atom. The molecule has 0 aliphatic carbocycles. The lowest BCUT2D eigenvalue weighted by Crippen LogP contribution is -2.55. The number of H-pyrrole nitrogens is 1. The summed E-state index contributed by atoms with van der Waals surface area (Å²) in [5.74, 6) is 0.401. The first kappa shape index (κ1) is 44.4. The molecule has 3 aliphatic rings. The first-order chi connectivity index (χ1) is 29.0. The highest BCUT2D eigenvalue weighted by Crippen LogP contribution is 2.34. The second kappa shape index (κ2) is 18.6. The van der Waals surface area contributed by atoms with Crippen molar-refractivity contribution in [3.63, 3.8) is 0 Å². The van der Waals surface area contributed by atoms with Crippen LogP contribution in [0.25, 0.3) is 22.4 Å². The number of amides is 5. The van der Waals surface area contributed by atoms with Gasteiger partial charge in [-0.3, -0.25) is 19.5 Å². The van der Waals surface area contributed by atoms with Crippen LogP contribution in [0.5, 0.6) is 0 Å². The molecule has 0 radical (unpaired) electrons. The van der Waals surface area contributed by atoms with Gasteiger partial charge in [0.05, 0.1) is 58.0 Å². The summed E-state index contributed by atoms with van der Waals surface area (Å²) in [4.78, 5) is 82.7. The molecule has 5 amide bonds. The number of aliphatic imine (C=N–C) groups is 1. The predicted molar refractivity (Wildman–Crippen MR) is 228 cm³/mol. The molecule has 4 heterocycles. The van der Waals surface area contributed by atoms with E-state index in [1.807, 2.05) is 39.8 Å². The number of carbonyl (C=O) groups excluding carboxylic acids is 5. The first-order valence-electron chi connectivity index (χ1n) is 20.8. The second-order valence-electron chi connectivity index (χ2n) is 17.4. The minimum atomic E-state index is -0.882. The fourth-order valence-corrected chi connectivity index (χ4v) is 7.89. The average Bonchev–Trinajstić information content (AvgIpc) is 4.07. The van der Waals surface area contributed by atoms with E-state index in [1.165, 1.54) is 19.1 Å². The smallest absolute Gasteiger partial charge is 0.411 e. The Kier molecular flexibility index (Phi) is 13.6. The molecule has 0 bridgehead atoms. The predicted octanol–water partition coefficient (Wildman–Crippen LogP) is 5.62. The van der Waals surface area contributed by atoms with E-state index in [2.05, 4.69) is 62.3 Å². The first-order valence-corrected chi connectivity index (χ1v) is 20.8. The van der Waals surface area contributed by atoms with Crippen molar-refractivity contribution in [2.75, 3.05) is 40.5 Å². The van der Waals surface area contributed by atoms with Crippen LogP contribution in [-0.2, 0) is 23.8 Å². The number of nitrogens with one attached hydrogen (secondary N) is 4. The highest BCUT2D eigenvalue weighted by molar-refractivity contribution is 5.96. The Morgan fingerprint density at radius 1 is 0.787 bits per heavy atom. The van der Waals surface area contributed by atoms with Crippen LogP contribution in [0.1, 0.15) is 84.8 Å². The summed E-state index contributed by atoms with van der Waals surface area (Å²) in [7, 11) is 2.53. The lowest BCUT2D eigenvalue weighted by atomic mass is 9.99. The molecule has 3 aromatic rings. The van der Waals surface area contributed by atoms with Crippen LogP contribution in [0, 0.1) is 11.8 Å². The van der Waals surface area contributed by atoms with Gasteiger partial charge < -0.3 is 44.9 Å². The normalized spacial score (nSPS) is 20.0. The van der Waals surface area contributed by atoms with E-state index in [0.29, 0.717) is 24.7 Å². The third-order valence-electron chi connectivity index (χ3n) is 11.2. The summed E-state index contributed by atoms with van der Waals surface area (Å²) in [5, 5.41) is 8.85. The second-order valence-corrected chi connectivity index (χ2v) is 17.4. The molecule has 17 heteroatoms. The third kappa shape index (κ3) is 10.3. The largest absolute Gasteiger partial charge is 0.453 e. The van der Waals surface area contributed by atoms with Crippen molar-refractivity contribution in [2.24, 2.45) is 16.8 Å². The van der Waals surface area contributed by atoms with Gasteiger partial charge >= 0.3 is 18.3 Å². The lowest BCUT2D eigenvalue weighted by molar-refractivity contribution is -0.136. The molecule has 1 unspecified atom stereocenters. The molecule has 1 aromatic heterocycles. The van der Waals surface area contributed by atoms with Crippen molar-refractivity contribution in [3.8, 4) is 22.4 Å². The van der Waals surface area contributed by atoms with Crippen molar-refractivity contribution in [2.45, 2.75) is 97.1 Å². The van der Waals surface area contributed by atoms with Gasteiger partial charge in [0.1, 0.15) is 35.4 Å². The maximum Gasteiger partial charge on any atom is 0.411 e. The molecule has 2 fully saturated rings. The van der Waals surface area contributed by atoms with Crippen molar-refractivity contribution in [3.05, 3.63) is 66.1 Å². The fraction of sp³-hybridized carbons (Fsp3) is 0.523. The molecule has 2 saturated heterocycles. The van der Waals surface area contributed by atoms with Gasteiger partial charge in [0, 0.05) is 6.54 Å². The van der Waals surface area contributed by atoms with E-state index in [9.17, 15) is 24.0 Å². The van der Waals surface area contributed by atoms with E-state index in [1.54, 1.807) is 36.8 Å². The van der Waals surface area contributed by atoms with Crippen molar-refractivity contribution >= 4 is 35.9 Å². The summed E-state index contributed by atoms with van der Waals surface area (Å²) < 4.78 is 15.2. The molecule has 4 N–H and O–H groups in total. The SMILES string of the molecule is COC(=O)N[C@H](C(=O)N1CN(C(=O)OC(C)(C)C)C[C@H]1C1=NCC(c2ccc(-c3ccc(-c4cnc([C@@H]5CCCN5C(=O)[C@@H](NC(=O)OC)C(C)C)[nH]4)cc3)cc2)N1)C(C)C. The number of imidazole rings is 1. The number of ether oxygens (including phenoxy) is 3. The lowest BCUT2D eigenvalue weighted by Gasteiger charge is -2.30. The zero-order chi connectivity index (χ0) is 44.2. The van der Waals surface area contributed by atoms with Crippen LogP contribution in [-0.4, -0.2) is 125 Å². The monoisotopic (exact) mass is 841 g/mol. The average molecular weight is 842 g/mol. The molecule has 17 nitrogen and oxygen atoms in total. The number of likely N-dealkylation sites (tertiary alicyclic amines) is 1. The number of rotatable bonds is 11. The summed E-state index contributed by atoms with van der Waals surface area (Å²) in [5.41, 5.74) is 4.13. The molecule has 61 heavy (non-hydrogen) atoms. The Labute approximate surface area is 357 Å². The third-order valence-corrected chi connectivity index (χ3v) is 11.2. The highest BCUT2D eigenvalue weighted by Gasteiger charge is 2.45. The van der Waals surface area contributed by atoms with E-state index in [-0.39, 0.29) is 48.9 Å². The van der Waals surface area contributed by atoms with Crippen molar-refractivity contribution < 1.29 is 38.2 Å². The summed E-state index contributed by atoms with van der Waals surface area (Å²) in [6.07, 6.45) is 1.49. The van der Waals surface area contributed by atoms with Gasteiger partial charge in [-0.1, -0.05) is 76.2 Å². The maximum absolute atomic E-state index is 14.0. The van der Waals surface area contributed by atoms with Gasteiger partial charge in [-0.15, -0.1) is 0 Å². The van der Waals surface area contributed by atoms with Crippen LogP contribution in [0.4, 0.5) is 14.4 Å². The molecule has 5 atom stereocenters. The number of aromatic nitrogens is 2. The summed E-state index contributed by atoms with van der Waals surface area (Å²) in [6.45, 7) is 14.0. The molecule has 3 aliphatic heterocycles. The van der Waals surface area contributed by atoms with Crippen LogP contribution in [0.3, 0.4) is 0 Å². The molecular weight excluding hydrogens is 783 g/mol. The number of amidine groups is 1. The van der Waals surface area contributed by atoms with E-state index in [4.69, 9.17) is 19.2 Å². The Hall–Kier alpha value is -6.13. The van der Waals surface area contributed by atoms with Gasteiger partial charge in [0.25, 0.3) is 0 Å². The quantitative estimate of drug-likeness (QED) is 0.176. The Balaban J connectivity index is 1.11. The number of benzene rings is 2. The van der Waals surface area contributed by atoms with E-state index < -0.39 is 42.0 Å². The minimum Gasteiger partial charge on any atom is -0.453 e. The van der Waals surface area contributed by atoms with Crippen LogP contribution >= 0.6 is 0 Å². The van der Waals surface area contributed by atoms with Crippen LogP contribution in [0.2, 0.25) is 0 Å². The van der Waals surface area contributed by atoms with Gasteiger partial charge in [0.2, 0.25) is 11.8 Å². The van der Waals surface area contributed by atoms with Gasteiger partial charge in [-0.05, 0) is 67.7 Å². The number of nitrogens with zero attached hydrogens (tertiary/aromatic N) is 5. The molecule has 328 valence electrons. The minimum absolute atomic E-state index is 0.0263. The summed E-state index contributed by atoms with van der Waals surface area (Å²) >= 11 is 0. The van der Waals surface area contributed by atoms with E-state index in [0.717, 1.165) is 40.8 Å². The van der Waals surface area contributed by atoms with Gasteiger partial charge in [0.15, 0.2) is 0 Å². The number of aromatic amines is 1. The Bertz CT molecular complexity index is 2090. The van der Waals surface area contributed by atoms with E-state index >= 15 is 0 Å². The van der Waals surface area contributed by atoms with Gasteiger partial charge in [-0.2, -0.15) is 0 Å². The molecule has 6 rings (SSSR count). The maximum atomic E-state index is 14.0. The summed E-state index contributed by atoms with van der Waals surface area (Å²) in [6, 6.07) is 13.9. The van der Waals surface area contributed by atoms with Gasteiger partial charge in [-0.25, -0.2) is 19.4 Å². The van der Waals surface area contributed by atoms with Crippen molar-refractivity contribution in [1.82, 2.24) is 40.6 Å². The number of hydrogen-bond donors (Lipinski definition) is 4. The zero-order valence-corrected chi connectivity index (χ0v) is 36.5. The standard InChI is InChI=1S/C44H59N9O8/c1-25(2)35(49-41(56)59-8)39(54)52-20-10-11-33(52)37-45-21-31(47-37)29-16-12-27(13-17-29)28-14-18-30(19-15-28)32-22-46-38(48-32)34-23-51(43(58)61-44(5,6)7)24-53(34)40(55)36(26(3)4)50-42(57)60-9/h12-19,21,25-26,32-36H,10-11,20,22-24H2,1-9H3,(H,45,47)(H,46,48)(H,49,56)(H,50,57)/t32?,33-,34-,35-,36-/m0/s1. The van der Waals surface area contributed by atoms with Crippen LogP contribution < -0.4 is 16.0 Å². The molecule has 0 spiro atoms. The highest BCUT2D eigenvalue weighted by atomic mass is 16.6.